The molecule has 1 heterocycles. The van der Waals surface area contributed by atoms with Crippen LogP contribution in [0.25, 0.3) is 0 Å². The zero-order chi connectivity index (χ0) is 11.3. The second-order valence-corrected chi connectivity index (χ2v) is 3.99. The summed E-state index contributed by atoms with van der Waals surface area (Å²) in [6, 6.07) is -0.147. The number of ketones is 1. The van der Waals surface area contributed by atoms with E-state index < -0.39 is 0 Å². The smallest absolute Gasteiger partial charge is 0.237 e. The maximum atomic E-state index is 11.8. The van der Waals surface area contributed by atoms with Gasteiger partial charge in [0.15, 0.2) is 5.78 Å². The van der Waals surface area contributed by atoms with Gasteiger partial charge < -0.3 is 10.2 Å². The Labute approximate surface area is 91.0 Å². The predicted molar refractivity (Wildman–Crippen MR) is 58.6 cm³/mol. The summed E-state index contributed by atoms with van der Waals surface area (Å²) >= 11 is 0. The van der Waals surface area contributed by atoms with Crippen LogP contribution in [0.1, 0.15) is 32.6 Å². The third kappa shape index (κ3) is 3.02. The van der Waals surface area contributed by atoms with E-state index in [2.05, 4.69) is 5.32 Å². The van der Waals surface area contributed by atoms with Gasteiger partial charge in [-0.3, -0.25) is 9.59 Å². The number of likely N-dealkylation sites (tertiary alicyclic amines) is 1. The highest BCUT2D eigenvalue weighted by atomic mass is 16.2. The van der Waals surface area contributed by atoms with Crippen molar-refractivity contribution in [2.45, 2.75) is 38.6 Å². The number of rotatable bonds is 5. The molecule has 0 aromatic carbocycles. The minimum atomic E-state index is -0.147. The number of hydrogen-bond donors (Lipinski definition) is 1. The Morgan fingerprint density at radius 3 is 2.80 bits per heavy atom. The molecule has 0 radical (unpaired) electrons. The molecule has 0 spiro atoms. The normalized spacial score (nSPS) is 20.7. The van der Waals surface area contributed by atoms with E-state index in [1.807, 2.05) is 6.92 Å². The van der Waals surface area contributed by atoms with Crippen molar-refractivity contribution in [2.24, 2.45) is 0 Å². The SMILES string of the molecule is CCCC(=O)C1CCCN1C(=O)CNC. The lowest BCUT2D eigenvalue weighted by Crippen LogP contribution is -2.43. The standard InChI is InChI=1S/C11H20N2O2/c1-3-5-10(14)9-6-4-7-13(9)11(15)8-12-2/h9,12H,3-8H2,1-2H3. The molecule has 0 saturated carbocycles. The van der Waals surface area contributed by atoms with Gasteiger partial charge in [-0.15, -0.1) is 0 Å². The highest BCUT2D eigenvalue weighted by molar-refractivity contribution is 5.90. The first kappa shape index (κ1) is 12.2. The highest BCUT2D eigenvalue weighted by Gasteiger charge is 2.32. The van der Waals surface area contributed by atoms with E-state index in [9.17, 15) is 9.59 Å². The molecule has 15 heavy (non-hydrogen) atoms. The predicted octanol–water partition coefficient (Wildman–Crippen LogP) is 0.566. The summed E-state index contributed by atoms with van der Waals surface area (Å²) in [6.45, 7) is 3.06. The number of amides is 1. The van der Waals surface area contributed by atoms with E-state index in [1.54, 1.807) is 11.9 Å². The van der Waals surface area contributed by atoms with Gasteiger partial charge in [-0.25, -0.2) is 0 Å². The summed E-state index contributed by atoms with van der Waals surface area (Å²) in [5, 5.41) is 2.83. The third-order valence-corrected chi connectivity index (χ3v) is 2.77. The van der Waals surface area contributed by atoms with Gasteiger partial charge in [0.2, 0.25) is 5.91 Å². The number of Topliss-reactive ketones (excluding diaryl/α,β-unsaturated/α-hetero) is 1. The number of hydrogen-bond acceptors (Lipinski definition) is 3. The van der Waals surface area contributed by atoms with Crippen LogP contribution < -0.4 is 5.32 Å². The van der Waals surface area contributed by atoms with Crippen molar-refractivity contribution >= 4 is 11.7 Å². The summed E-state index contributed by atoms with van der Waals surface area (Å²) in [5.74, 6) is 0.268. The summed E-state index contributed by atoms with van der Waals surface area (Å²) in [7, 11) is 1.75. The van der Waals surface area contributed by atoms with Crippen LogP contribution in [0.5, 0.6) is 0 Å². The summed E-state index contributed by atoms with van der Waals surface area (Å²) in [4.78, 5) is 25.2. The molecule has 1 saturated heterocycles. The molecule has 4 nitrogen and oxygen atoms in total. The van der Waals surface area contributed by atoms with Gasteiger partial charge in [0, 0.05) is 13.0 Å². The van der Waals surface area contributed by atoms with Gasteiger partial charge >= 0.3 is 0 Å². The summed E-state index contributed by atoms with van der Waals surface area (Å²) in [6.07, 6.45) is 3.25. The van der Waals surface area contributed by atoms with E-state index in [1.165, 1.54) is 0 Å². The molecule has 1 atom stereocenters. The Hall–Kier alpha value is -0.900. The lowest BCUT2D eigenvalue weighted by atomic mass is 10.1. The van der Waals surface area contributed by atoms with Crippen LogP contribution in [-0.4, -0.2) is 42.8 Å². The van der Waals surface area contributed by atoms with Crippen molar-refractivity contribution in [2.75, 3.05) is 20.1 Å². The number of carbonyl (C=O) groups is 2. The zero-order valence-electron chi connectivity index (χ0n) is 9.58. The van der Waals surface area contributed by atoms with E-state index in [-0.39, 0.29) is 17.7 Å². The van der Waals surface area contributed by atoms with Crippen LogP contribution in [-0.2, 0) is 9.59 Å². The van der Waals surface area contributed by atoms with Crippen molar-refractivity contribution in [3.63, 3.8) is 0 Å². The fourth-order valence-corrected chi connectivity index (χ4v) is 2.07. The molecule has 1 unspecified atom stereocenters. The molecule has 1 rings (SSSR count). The summed E-state index contributed by atoms with van der Waals surface area (Å²) in [5.41, 5.74) is 0. The van der Waals surface area contributed by atoms with Crippen LogP contribution >= 0.6 is 0 Å². The fourth-order valence-electron chi connectivity index (χ4n) is 2.07. The van der Waals surface area contributed by atoms with E-state index in [4.69, 9.17) is 0 Å². The zero-order valence-corrected chi connectivity index (χ0v) is 9.58. The number of likely N-dealkylation sites (N-methyl/N-ethyl adjacent to an activating group) is 1. The van der Waals surface area contributed by atoms with Gasteiger partial charge in [0.25, 0.3) is 0 Å². The molecule has 4 heteroatoms. The van der Waals surface area contributed by atoms with Crippen molar-refractivity contribution < 1.29 is 9.59 Å². The first-order valence-electron chi connectivity index (χ1n) is 5.67. The molecular formula is C11H20N2O2. The molecule has 0 aromatic heterocycles. The highest BCUT2D eigenvalue weighted by Crippen LogP contribution is 2.19. The topological polar surface area (TPSA) is 49.4 Å². The van der Waals surface area contributed by atoms with Gasteiger partial charge in [0.1, 0.15) is 0 Å². The maximum Gasteiger partial charge on any atom is 0.237 e. The lowest BCUT2D eigenvalue weighted by Gasteiger charge is -2.23. The Kier molecular flexibility index (Phi) is 4.75. The lowest BCUT2D eigenvalue weighted by molar-refractivity contribution is -0.136. The molecule has 1 N–H and O–H groups in total. The Bertz CT molecular complexity index is 217. The number of nitrogens with zero attached hydrogens (tertiary/aromatic N) is 1. The van der Waals surface area contributed by atoms with Crippen LogP contribution in [0, 0.1) is 0 Å². The molecular weight excluding hydrogens is 192 g/mol. The molecule has 0 aromatic rings. The Morgan fingerprint density at radius 2 is 2.20 bits per heavy atom. The van der Waals surface area contributed by atoms with Crippen molar-refractivity contribution in [3.8, 4) is 0 Å². The second-order valence-electron chi connectivity index (χ2n) is 3.99. The maximum absolute atomic E-state index is 11.8. The van der Waals surface area contributed by atoms with E-state index >= 15 is 0 Å². The molecule has 86 valence electrons. The second kappa shape index (κ2) is 5.85. The molecule has 1 aliphatic heterocycles. The van der Waals surface area contributed by atoms with Gasteiger partial charge in [-0.1, -0.05) is 6.92 Å². The molecule has 0 bridgehead atoms. The fraction of sp³-hybridized carbons (Fsp3) is 0.818. The van der Waals surface area contributed by atoms with Gasteiger partial charge in [-0.05, 0) is 26.3 Å². The monoisotopic (exact) mass is 212 g/mol. The largest absolute Gasteiger partial charge is 0.332 e. The first-order chi connectivity index (χ1) is 7.20. The van der Waals surface area contributed by atoms with Gasteiger partial charge in [0.05, 0.1) is 12.6 Å². The molecule has 1 fully saturated rings. The number of nitrogens with one attached hydrogen (secondary N) is 1. The van der Waals surface area contributed by atoms with Crippen LogP contribution in [0.4, 0.5) is 0 Å². The Morgan fingerprint density at radius 1 is 1.47 bits per heavy atom. The minimum Gasteiger partial charge on any atom is -0.332 e. The van der Waals surface area contributed by atoms with Crippen molar-refractivity contribution in [3.05, 3.63) is 0 Å². The third-order valence-electron chi connectivity index (χ3n) is 2.77. The van der Waals surface area contributed by atoms with Gasteiger partial charge in [-0.2, -0.15) is 0 Å². The van der Waals surface area contributed by atoms with Crippen LogP contribution in [0.2, 0.25) is 0 Å². The van der Waals surface area contributed by atoms with Crippen molar-refractivity contribution in [1.82, 2.24) is 10.2 Å². The van der Waals surface area contributed by atoms with E-state index in [0.717, 1.165) is 25.8 Å². The minimum absolute atomic E-state index is 0.0458. The van der Waals surface area contributed by atoms with Crippen molar-refractivity contribution in [1.29, 1.82) is 0 Å². The molecule has 1 amide bonds. The van der Waals surface area contributed by atoms with Crippen LogP contribution in [0.3, 0.4) is 0 Å². The summed E-state index contributed by atoms with van der Waals surface area (Å²) < 4.78 is 0. The van der Waals surface area contributed by atoms with Crippen LogP contribution in [0.15, 0.2) is 0 Å². The molecule has 0 aliphatic carbocycles. The number of carbonyl (C=O) groups excluding carboxylic acids is 2. The Balaban J connectivity index is 2.56. The average Bonchev–Trinajstić information content (AvgIpc) is 2.66. The average molecular weight is 212 g/mol. The van der Waals surface area contributed by atoms with E-state index in [0.29, 0.717) is 13.0 Å². The first-order valence-corrected chi connectivity index (χ1v) is 5.67. The quantitative estimate of drug-likeness (QED) is 0.724. The molecule has 1 aliphatic rings.